The number of carbonyl (C=O) groups excluding carboxylic acids is 2. The normalized spacial score (nSPS) is 11.1. The third-order valence-electron chi connectivity index (χ3n) is 4.73. The number of nitrogens with zero attached hydrogens (tertiary/aromatic N) is 2. The first kappa shape index (κ1) is 25.3. The lowest BCUT2D eigenvalue weighted by atomic mass is 10.1. The largest absolute Gasteiger partial charge is 0.490 e. The fourth-order valence-electron chi connectivity index (χ4n) is 3.25. The van der Waals surface area contributed by atoms with Gasteiger partial charge in [-0.25, -0.2) is 4.68 Å². The molecule has 3 aromatic rings. The van der Waals surface area contributed by atoms with E-state index in [9.17, 15) is 23.2 Å². The van der Waals surface area contributed by atoms with E-state index in [1.165, 1.54) is 29.0 Å². The molecular weight excluding hydrogens is 462 g/mol. The predicted molar refractivity (Wildman–Crippen MR) is 125 cm³/mol. The van der Waals surface area contributed by atoms with Gasteiger partial charge in [0.05, 0.1) is 12.0 Å². The molecule has 184 valence electrons. The molecule has 0 aliphatic rings. The van der Waals surface area contributed by atoms with Crippen molar-refractivity contribution in [3.05, 3.63) is 70.2 Å². The molecule has 0 unspecified atom stereocenters. The Labute approximate surface area is 199 Å². The summed E-state index contributed by atoms with van der Waals surface area (Å²) in [5.41, 5.74) is 4.71. The van der Waals surface area contributed by atoms with Crippen molar-refractivity contribution in [3.8, 4) is 11.5 Å². The van der Waals surface area contributed by atoms with Crippen molar-refractivity contribution in [2.75, 3.05) is 6.61 Å². The minimum Gasteiger partial charge on any atom is -0.490 e. The summed E-state index contributed by atoms with van der Waals surface area (Å²) in [6.45, 7) is 1.14. The minimum absolute atomic E-state index is 0.00564. The predicted octanol–water partition coefficient (Wildman–Crippen LogP) is 3.28. The summed E-state index contributed by atoms with van der Waals surface area (Å²) < 4.78 is 36.0. The number of fused-ring (bicyclic) bond motifs is 1. The Morgan fingerprint density at radius 2 is 1.83 bits per heavy atom. The Kier molecular flexibility index (Phi) is 8.49. The van der Waals surface area contributed by atoms with E-state index in [0.29, 0.717) is 29.3 Å². The second-order valence-corrected chi connectivity index (χ2v) is 7.22. The van der Waals surface area contributed by atoms with E-state index >= 15 is 0 Å². The lowest BCUT2D eigenvalue weighted by Gasteiger charge is -2.12. The second-order valence-electron chi connectivity index (χ2n) is 7.22. The monoisotopic (exact) mass is 486 g/mol. The fraction of sp³-hybridized carbons (Fsp3) is 0.250. The van der Waals surface area contributed by atoms with Crippen LogP contribution < -0.4 is 25.9 Å². The van der Waals surface area contributed by atoms with E-state index in [0.717, 1.165) is 6.08 Å². The summed E-state index contributed by atoms with van der Waals surface area (Å²) in [5.74, 6) is -1.38. The molecule has 0 fully saturated rings. The molecule has 3 rings (SSSR count). The van der Waals surface area contributed by atoms with Crippen LogP contribution in [0.2, 0.25) is 0 Å². The Hall–Kier alpha value is -4.28. The molecule has 0 aliphatic heterocycles. The third-order valence-corrected chi connectivity index (χ3v) is 4.73. The molecule has 2 aromatic carbocycles. The molecule has 0 aliphatic carbocycles. The zero-order valence-electron chi connectivity index (χ0n) is 19.1. The highest BCUT2D eigenvalue weighted by atomic mass is 19.3. The van der Waals surface area contributed by atoms with Crippen molar-refractivity contribution in [2.45, 2.75) is 33.4 Å². The number of hydrogen-bond donors (Lipinski definition) is 2. The van der Waals surface area contributed by atoms with Crippen LogP contribution in [0.4, 0.5) is 8.78 Å². The smallest absolute Gasteiger partial charge is 0.387 e. The number of halogens is 2. The van der Waals surface area contributed by atoms with Crippen molar-refractivity contribution < 1.29 is 27.8 Å². The minimum atomic E-state index is -3.00. The van der Waals surface area contributed by atoms with Gasteiger partial charge in [0.15, 0.2) is 17.2 Å². The standard InChI is InChI=1S/C24H24F2N4O5/c1-3-13-30-23(33)17-8-6-5-7-16(17)21(29-30)22(32)28-27-20(31)12-10-15-9-11-18(35-24(25)26)19(14-15)34-4-2/h5-12,14,24H,3-4,13H2,1-2H3,(H,27,31)(H,28,32)/b12-10+. The molecule has 1 aromatic heterocycles. The number of alkyl halides is 2. The molecule has 0 bridgehead atoms. The lowest BCUT2D eigenvalue weighted by molar-refractivity contribution is -0.117. The molecule has 0 saturated carbocycles. The Bertz CT molecular complexity index is 1310. The van der Waals surface area contributed by atoms with Gasteiger partial charge < -0.3 is 9.47 Å². The summed E-state index contributed by atoms with van der Waals surface area (Å²) in [6, 6.07) is 10.8. The van der Waals surface area contributed by atoms with E-state index in [4.69, 9.17) is 4.74 Å². The van der Waals surface area contributed by atoms with Gasteiger partial charge in [0.2, 0.25) is 0 Å². The van der Waals surface area contributed by atoms with Crippen LogP contribution in [0.3, 0.4) is 0 Å². The molecule has 9 nitrogen and oxygen atoms in total. The molecule has 35 heavy (non-hydrogen) atoms. The Balaban J connectivity index is 1.72. The average molecular weight is 486 g/mol. The van der Waals surface area contributed by atoms with Crippen LogP contribution in [0.15, 0.2) is 53.3 Å². The van der Waals surface area contributed by atoms with Gasteiger partial charge in [0, 0.05) is 18.0 Å². The van der Waals surface area contributed by atoms with E-state index < -0.39 is 18.4 Å². The molecule has 0 radical (unpaired) electrons. The number of amides is 2. The van der Waals surface area contributed by atoms with Gasteiger partial charge in [-0.1, -0.05) is 31.2 Å². The number of benzene rings is 2. The fourth-order valence-corrected chi connectivity index (χ4v) is 3.25. The summed E-state index contributed by atoms with van der Waals surface area (Å²) in [7, 11) is 0. The highest BCUT2D eigenvalue weighted by molar-refractivity contribution is 6.05. The van der Waals surface area contributed by atoms with Gasteiger partial charge in [-0.15, -0.1) is 0 Å². The van der Waals surface area contributed by atoms with Gasteiger partial charge in [-0.05, 0) is 43.2 Å². The van der Waals surface area contributed by atoms with Crippen LogP contribution in [0, 0.1) is 0 Å². The maximum atomic E-state index is 12.7. The molecular formula is C24H24F2N4O5. The number of ether oxygens (including phenoxy) is 2. The first-order chi connectivity index (χ1) is 16.8. The number of carbonyl (C=O) groups is 2. The zero-order valence-corrected chi connectivity index (χ0v) is 19.1. The maximum absolute atomic E-state index is 12.7. The van der Waals surface area contributed by atoms with Crippen LogP contribution in [0.25, 0.3) is 16.8 Å². The first-order valence-electron chi connectivity index (χ1n) is 10.8. The molecule has 0 atom stereocenters. The van der Waals surface area contributed by atoms with Crippen molar-refractivity contribution in [1.29, 1.82) is 0 Å². The van der Waals surface area contributed by atoms with Crippen molar-refractivity contribution in [3.63, 3.8) is 0 Å². The SMILES string of the molecule is CCCn1nc(C(=O)NNC(=O)/C=C/c2ccc(OC(F)F)c(OCC)c2)c2ccccc2c1=O. The third kappa shape index (κ3) is 6.40. The summed E-state index contributed by atoms with van der Waals surface area (Å²) in [6.07, 6.45) is 3.20. The van der Waals surface area contributed by atoms with Crippen molar-refractivity contribution in [1.82, 2.24) is 20.6 Å². The first-order valence-corrected chi connectivity index (χ1v) is 10.8. The van der Waals surface area contributed by atoms with Crippen LogP contribution >= 0.6 is 0 Å². The number of aromatic nitrogens is 2. The van der Waals surface area contributed by atoms with Crippen LogP contribution in [-0.4, -0.2) is 34.8 Å². The number of aryl methyl sites for hydroxylation is 1. The number of nitrogens with one attached hydrogen (secondary N) is 2. The van der Waals surface area contributed by atoms with E-state index in [-0.39, 0.29) is 29.4 Å². The Morgan fingerprint density at radius 1 is 1.09 bits per heavy atom. The second kappa shape index (κ2) is 11.7. The highest BCUT2D eigenvalue weighted by Gasteiger charge is 2.17. The molecule has 2 N–H and O–H groups in total. The number of rotatable bonds is 9. The Morgan fingerprint density at radius 3 is 2.51 bits per heavy atom. The topological polar surface area (TPSA) is 112 Å². The quantitative estimate of drug-likeness (QED) is 0.355. The molecule has 0 spiro atoms. The summed E-state index contributed by atoms with van der Waals surface area (Å²) in [4.78, 5) is 37.5. The van der Waals surface area contributed by atoms with E-state index in [1.54, 1.807) is 31.2 Å². The molecule has 11 heteroatoms. The van der Waals surface area contributed by atoms with Crippen molar-refractivity contribution >= 4 is 28.7 Å². The van der Waals surface area contributed by atoms with E-state index in [2.05, 4.69) is 20.7 Å². The van der Waals surface area contributed by atoms with Crippen LogP contribution in [-0.2, 0) is 11.3 Å². The van der Waals surface area contributed by atoms with Gasteiger partial charge in [-0.2, -0.15) is 13.9 Å². The molecule has 0 saturated heterocycles. The van der Waals surface area contributed by atoms with Gasteiger partial charge in [0.25, 0.3) is 17.4 Å². The number of hydrogen-bond acceptors (Lipinski definition) is 6. The van der Waals surface area contributed by atoms with Crippen molar-refractivity contribution in [2.24, 2.45) is 0 Å². The lowest BCUT2D eigenvalue weighted by Crippen LogP contribution is -2.42. The summed E-state index contributed by atoms with van der Waals surface area (Å²) in [5, 5.41) is 4.87. The maximum Gasteiger partial charge on any atom is 0.387 e. The van der Waals surface area contributed by atoms with Gasteiger partial charge >= 0.3 is 6.61 Å². The van der Waals surface area contributed by atoms with Gasteiger partial charge in [0.1, 0.15) is 0 Å². The molecule has 1 heterocycles. The number of hydrazine groups is 1. The van der Waals surface area contributed by atoms with Crippen LogP contribution in [0.5, 0.6) is 11.5 Å². The summed E-state index contributed by atoms with van der Waals surface area (Å²) >= 11 is 0. The van der Waals surface area contributed by atoms with Gasteiger partial charge in [-0.3, -0.25) is 25.2 Å². The molecule has 2 amide bonds. The van der Waals surface area contributed by atoms with Crippen LogP contribution in [0.1, 0.15) is 36.3 Å². The van der Waals surface area contributed by atoms with E-state index in [1.807, 2.05) is 6.92 Å². The zero-order chi connectivity index (χ0) is 25.4. The highest BCUT2D eigenvalue weighted by Crippen LogP contribution is 2.30. The average Bonchev–Trinajstić information content (AvgIpc) is 2.84.